The van der Waals surface area contributed by atoms with Crippen LogP contribution in [0.25, 0.3) is 0 Å². The molecule has 0 heterocycles. The van der Waals surface area contributed by atoms with E-state index in [2.05, 4.69) is 6.07 Å². The van der Waals surface area contributed by atoms with Crippen molar-refractivity contribution in [2.24, 2.45) is 5.92 Å². The van der Waals surface area contributed by atoms with Gasteiger partial charge in [0.15, 0.2) is 0 Å². The number of nitriles is 1. The van der Waals surface area contributed by atoms with Crippen LogP contribution in [0.3, 0.4) is 0 Å². The lowest BCUT2D eigenvalue weighted by atomic mass is 9.86. The Kier molecular flexibility index (Phi) is 5.31. The molecule has 0 spiro atoms. The van der Waals surface area contributed by atoms with Crippen LogP contribution in [0.2, 0.25) is 0 Å². The van der Waals surface area contributed by atoms with Gasteiger partial charge in [-0.15, -0.1) is 0 Å². The Morgan fingerprint density at radius 1 is 1.35 bits per heavy atom. The van der Waals surface area contributed by atoms with Crippen LogP contribution in [0.4, 0.5) is 0 Å². The summed E-state index contributed by atoms with van der Waals surface area (Å²) >= 11 is 0. The fourth-order valence-corrected chi connectivity index (χ4v) is 2.93. The van der Waals surface area contributed by atoms with Crippen LogP contribution in [0.5, 0.6) is 0 Å². The molecule has 0 saturated heterocycles. The van der Waals surface area contributed by atoms with Gasteiger partial charge in [0.05, 0.1) is 18.2 Å². The molecule has 3 nitrogen and oxygen atoms in total. The van der Waals surface area contributed by atoms with Gasteiger partial charge in [-0.05, 0) is 37.6 Å². The first-order chi connectivity index (χ1) is 9.69. The predicted molar refractivity (Wildman–Crippen MR) is 79.1 cm³/mol. The second-order valence-corrected chi connectivity index (χ2v) is 5.79. The van der Waals surface area contributed by atoms with Crippen LogP contribution >= 0.6 is 0 Å². The SMILES string of the molecule is CN(CC(=O)C1CCCCC1)Cc1cccc(C#N)c1. The Labute approximate surface area is 121 Å². The summed E-state index contributed by atoms with van der Waals surface area (Å²) in [5, 5.41) is 8.89. The lowest BCUT2D eigenvalue weighted by Crippen LogP contribution is -2.31. The van der Waals surface area contributed by atoms with E-state index in [1.807, 2.05) is 30.1 Å². The monoisotopic (exact) mass is 270 g/mol. The molecule has 0 amide bonds. The zero-order valence-electron chi connectivity index (χ0n) is 12.1. The minimum Gasteiger partial charge on any atom is -0.298 e. The maximum absolute atomic E-state index is 12.2. The summed E-state index contributed by atoms with van der Waals surface area (Å²) < 4.78 is 0. The molecule has 0 bridgehead atoms. The first-order valence-electron chi connectivity index (χ1n) is 7.39. The van der Waals surface area contributed by atoms with Crippen LogP contribution in [0.1, 0.15) is 43.2 Å². The van der Waals surface area contributed by atoms with E-state index in [4.69, 9.17) is 5.26 Å². The third-order valence-corrected chi connectivity index (χ3v) is 3.99. The molecule has 2 rings (SSSR count). The molecule has 1 aliphatic rings. The Morgan fingerprint density at radius 3 is 2.80 bits per heavy atom. The number of carbonyl (C=O) groups excluding carboxylic acids is 1. The van der Waals surface area contributed by atoms with E-state index in [0.717, 1.165) is 18.4 Å². The molecule has 0 radical (unpaired) electrons. The highest BCUT2D eigenvalue weighted by molar-refractivity contribution is 5.83. The summed E-state index contributed by atoms with van der Waals surface area (Å²) in [7, 11) is 1.97. The first kappa shape index (κ1) is 14.7. The van der Waals surface area contributed by atoms with Crippen LogP contribution in [0.15, 0.2) is 24.3 Å². The molecule has 1 aromatic carbocycles. The van der Waals surface area contributed by atoms with Gasteiger partial charge in [-0.1, -0.05) is 31.4 Å². The van der Waals surface area contributed by atoms with Crippen molar-refractivity contribution >= 4 is 5.78 Å². The Hall–Kier alpha value is -1.66. The second-order valence-electron chi connectivity index (χ2n) is 5.79. The van der Waals surface area contributed by atoms with Crippen molar-refractivity contribution in [3.05, 3.63) is 35.4 Å². The number of likely N-dealkylation sites (N-methyl/N-ethyl adjacent to an activating group) is 1. The van der Waals surface area contributed by atoms with Crippen LogP contribution < -0.4 is 0 Å². The number of hydrogen-bond acceptors (Lipinski definition) is 3. The Balaban J connectivity index is 1.86. The van der Waals surface area contributed by atoms with Crippen molar-refractivity contribution < 1.29 is 4.79 Å². The van der Waals surface area contributed by atoms with Crippen molar-refractivity contribution in [2.75, 3.05) is 13.6 Å². The van der Waals surface area contributed by atoms with Crippen LogP contribution in [-0.2, 0) is 11.3 Å². The summed E-state index contributed by atoms with van der Waals surface area (Å²) in [5.74, 6) is 0.653. The van der Waals surface area contributed by atoms with Gasteiger partial charge in [0.2, 0.25) is 0 Å². The summed E-state index contributed by atoms with van der Waals surface area (Å²) in [6, 6.07) is 9.74. The van der Waals surface area contributed by atoms with Gasteiger partial charge in [0.1, 0.15) is 5.78 Å². The molecule has 0 unspecified atom stereocenters. The third-order valence-electron chi connectivity index (χ3n) is 3.99. The molecular weight excluding hydrogens is 248 g/mol. The van der Waals surface area contributed by atoms with E-state index in [-0.39, 0.29) is 5.92 Å². The minimum absolute atomic E-state index is 0.275. The van der Waals surface area contributed by atoms with E-state index in [9.17, 15) is 4.79 Å². The third kappa shape index (κ3) is 4.18. The molecule has 1 fully saturated rings. The number of nitrogens with zero attached hydrogens (tertiary/aromatic N) is 2. The van der Waals surface area contributed by atoms with Gasteiger partial charge >= 0.3 is 0 Å². The summed E-state index contributed by atoms with van der Waals surface area (Å²) in [6.45, 7) is 1.23. The highest BCUT2D eigenvalue weighted by atomic mass is 16.1. The molecular formula is C17H22N2O. The number of Topliss-reactive ketones (excluding diaryl/α,β-unsaturated/α-hetero) is 1. The minimum atomic E-state index is 0.275. The number of rotatable bonds is 5. The standard InChI is InChI=1S/C17H22N2O/c1-19(12-15-7-5-6-14(10-15)11-18)13-17(20)16-8-3-2-4-9-16/h5-7,10,16H,2-4,8-9,12-13H2,1H3. The fourth-order valence-electron chi connectivity index (χ4n) is 2.93. The van der Waals surface area contributed by atoms with Crippen molar-refractivity contribution in [3.8, 4) is 6.07 Å². The number of benzene rings is 1. The number of hydrogen-bond donors (Lipinski definition) is 0. The fraction of sp³-hybridized carbons (Fsp3) is 0.529. The molecule has 1 aliphatic carbocycles. The van der Waals surface area contributed by atoms with E-state index < -0.39 is 0 Å². The van der Waals surface area contributed by atoms with Gasteiger partial charge in [-0.3, -0.25) is 9.69 Å². The average molecular weight is 270 g/mol. The van der Waals surface area contributed by atoms with E-state index >= 15 is 0 Å². The molecule has 0 aliphatic heterocycles. The molecule has 0 aromatic heterocycles. The number of ketones is 1. The Morgan fingerprint density at radius 2 is 2.10 bits per heavy atom. The zero-order chi connectivity index (χ0) is 14.4. The molecule has 1 saturated carbocycles. The lowest BCUT2D eigenvalue weighted by Gasteiger charge is -2.23. The highest BCUT2D eigenvalue weighted by Gasteiger charge is 2.21. The van der Waals surface area contributed by atoms with Gasteiger partial charge in [0, 0.05) is 12.5 Å². The average Bonchev–Trinajstić information content (AvgIpc) is 2.48. The maximum atomic E-state index is 12.2. The predicted octanol–water partition coefficient (Wildman–Crippen LogP) is 3.14. The van der Waals surface area contributed by atoms with Gasteiger partial charge < -0.3 is 0 Å². The topological polar surface area (TPSA) is 44.1 Å². The lowest BCUT2D eigenvalue weighted by molar-refractivity contribution is -0.124. The van der Waals surface area contributed by atoms with Crippen LogP contribution in [-0.4, -0.2) is 24.3 Å². The zero-order valence-corrected chi connectivity index (χ0v) is 12.1. The van der Waals surface area contributed by atoms with Crippen LogP contribution in [0, 0.1) is 17.2 Å². The molecule has 0 N–H and O–H groups in total. The molecule has 20 heavy (non-hydrogen) atoms. The highest BCUT2D eigenvalue weighted by Crippen LogP contribution is 2.24. The Bertz CT molecular complexity index is 498. The van der Waals surface area contributed by atoms with E-state index in [0.29, 0.717) is 24.4 Å². The van der Waals surface area contributed by atoms with Crippen molar-refractivity contribution in [2.45, 2.75) is 38.6 Å². The van der Waals surface area contributed by atoms with Gasteiger partial charge in [-0.2, -0.15) is 5.26 Å². The normalized spacial score (nSPS) is 16.1. The first-order valence-corrected chi connectivity index (χ1v) is 7.39. The van der Waals surface area contributed by atoms with Crippen molar-refractivity contribution in [1.82, 2.24) is 4.90 Å². The quantitative estimate of drug-likeness (QED) is 0.825. The number of carbonyl (C=O) groups is 1. The molecule has 1 aromatic rings. The van der Waals surface area contributed by atoms with E-state index in [1.165, 1.54) is 19.3 Å². The smallest absolute Gasteiger partial charge is 0.149 e. The second kappa shape index (κ2) is 7.21. The summed E-state index contributed by atoms with van der Waals surface area (Å²) in [4.78, 5) is 14.3. The van der Waals surface area contributed by atoms with Crippen molar-refractivity contribution in [1.29, 1.82) is 5.26 Å². The molecule has 3 heteroatoms. The summed E-state index contributed by atoms with van der Waals surface area (Å²) in [6.07, 6.45) is 5.81. The summed E-state index contributed by atoms with van der Waals surface area (Å²) in [5.41, 5.74) is 1.76. The van der Waals surface area contributed by atoms with E-state index in [1.54, 1.807) is 6.07 Å². The maximum Gasteiger partial charge on any atom is 0.149 e. The van der Waals surface area contributed by atoms with Gasteiger partial charge in [0.25, 0.3) is 0 Å². The van der Waals surface area contributed by atoms with Crippen molar-refractivity contribution in [3.63, 3.8) is 0 Å². The largest absolute Gasteiger partial charge is 0.298 e. The van der Waals surface area contributed by atoms with Gasteiger partial charge in [-0.25, -0.2) is 0 Å². The molecule has 0 atom stereocenters. The molecule has 106 valence electrons.